The van der Waals surface area contributed by atoms with E-state index in [1.165, 1.54) is 90.0 Å². The van der Waals surface area contributed by atoms with Gasteiger partial charge in [0, 0.05) is 25.6 Å². The summed E-state index contributed by atoms with van der Waals surface area (Å²) < 4.78 is 2.30. The minimum atomic E-state index is 0.552. The lowest BCUT2D eigenvalue weighted by molar-refractivity contribution is 0.120. The van der Waals surface area contributed by atoms with Crippen LogP contribution in [-0.4, -0.2) is 69.9 Å². The third kappa shape index (κ3) is 4.07. The largest absolute Gasteiger partial charge is 0.317 e. The fourth-order valence-electron chi connectivity index (χ4n) is 4.91. The van der Waals surface area contributed by atoms with Crippen molar-refractivity contribution in [3.63, 3.8) is 0 Å². The fourth-order valence-corrected chi connectivity index (χ4v) is 4.91. The molecule has 0 saturated carbocycles. The Morgan fingerprint density at radius 1 is 0.960 bits per heavy atom. The number of piperidine rings is 3. The number of hydrogen-bond donors (Lipinski definition) is 1. The molecule has 3 aliphatic heterocycles. The Bertz CT molecular complexity index is 544. The summed E-state index contributed by atoms with van der Waals surface area (Å²) in [7, 11) is 2.18. The highest BCUT2D eigenvalue weighted by molar-refractivity contribution is 5.04. The molecule has 1 N–H and O–H groups in total. The summed E-state index contributed by atoms with van der Waals surface area (Å²) >= 11 is 0. The third-order valence-corrected chi connectivity index (χ3v) is 6.46. The molecule has 1 aromatic rings. The van der Waals surface area contributed by atoms with Gasteiger partial charge in [0.25, 0.3) is 0 Å². The van der Waals surface area contributed by atoms with E-state index in [4.69, 9.17) is 0 Å². The number of nitrogens with one attached hydrogen (secondary N) is 1. The van der Waals surface area contributed by atoms with Gasteiger partial charge in [0.2, 0.25) is 0 Å². The summed E-state index contributed by atoms with van der Waals surface area (Å²) in [5, 5.41) is 12.7. The molecule has 0 radical (unpaired) electrons. The molecule has 1 atom stereocenters. The molecule has 4 rings (SSSR count). The molecule has 140 valence electrons. The van der Waals surface area contributed by atoms with Gasteiger partial charge in [-0.3, -0.25) is 9.80 Å². The van der Waals surface area contributed by atoms with E-state index in [-0.39, 0.29) is 0 Å². The van der Waals surface area contributed by atoms with E-state index in [1.807, 2.05) is 0 Å². The molecule has 3 saturated heterocycles. The second-order valence-electron chi connectivity index (χ2n) is 8.19. The lowest BCUT2D eigenvalue weighted by atomic mass is 9.93. The van der Waals surface area contributed by atoms with E-state index >= 15 is 0 Å². The Morgan fingerprint density at radius 2 is 1.76 bits per heavy atom. The molecule has 0 spiro atoms. The maximum atomic E-state index is 4.63. The summed E-state index contributed by atoms with van der Waals surface area (Å²) in [5.74, 6) is 2.91. The normalized spacial score (nSPS) is 27.6. The van der Waals surface area contributed by atoms with Gasteiger partial charge in [0.15, 0.2) is 0 Å². The van der Waals surface area contributed by atoms with Gasteiger partial charge in [-0.15, -0.1) is 10.2 Å². The van der Waals surface area contributed by atoms with Crippen LogP contribution in [-0.2, 0) is 13.6 Å². The van der Waals surface area contributed by atoms with E-state index in [1.54, 1.807) is 0 Å². The fraction of sp³-hybridized carbons (Fsp3) is 0.895. The maximum absolute atomic E-state index is 4.63. The smallest absolute Gasteiger partial charge is 0.146 e. The molecule has 3 fully saturated rings. The van der Waals surface area contributed by atoms with Gasteiger partial charge >= 0.3 is 0 Å². The molecule has 6 nitrogen and oxygen atoms in total. The van der Waals surface area contributed by atoms with E-state index in [9.17, 15) is 0 Å². The highest BCUT2D eigenvalue weighted by Crippen LogP contribution is 2.29. The van der Waals surface area contributed by atoms with Crippen molar-refractivity contribution < 1.29 is 0 Å². The monoisotopic (exact) mass is 346 g/mol. The predicted molar refractivity (Wildman–Crippen MR) is 99.6 cm³/mol. The van der Waals surface area contributed by atoms with Crippen LogP contribution in [0.4, 0.5) is 0 Å². The minimum absolute atomic E-state index is 0.552. The minimum Gasteiger partial charge on any atom is -0.317 e. The maximum Gasteiger partial charge on any atom is 0.146 e. The SMILES string of the molecule is Cn1c(CN2CCCCC2)nnc1[C@H]1CCCN(C2CCNCC2)C1. The van der Waals surface area contributed by atoms with Crippen molar-refractivity contribution in [2.75, 3.05) is 39.3 Å². The number of likely N-dealkylation sites (tertiary alicyclic amines) is 2. The van der Waals surface area contributed by atoms with Crippen LogP contribution in [0.3, 0.4) is 0 Å². The Balaban J connectivity index is 1.40. The van der Waals surface area contributed by atoms with Gasteiger partial charge in [-0.1, -0.05) is 6.42 Å². The van der Waals surface area contributed by atoms with Gasteiger partial charge in [-0.05, 0) is 71.2 Å². The average molecular weight is 347 g/mol. The standard InChI is InChI=1S/C19H34N6/c1-23-18(15-24-11-3-2-4-12-24)21-22-19(23)16-6-5-13-25(14-16)17-7-9-20-10-8-17/h16-17,20H,2-15H2,1H3/t16-/m0/s1. The zero-order valence-corrected chi connectivity index (χ0v) is 15.8. The van der Waals surface area contributed by atoms with Crippen LogP contribution >= 0.6 is 0 Å². The molecule has 0 aliphatic carbocycles. The lowest BCUT2D eigenvalue weighted by Gasteiger charge is -2.39. The highest BCUT2D eigenvalue weighted by Gasteiger charge is 2.30. The Hall–Kier alpha value is -0.980. The number of hydrogen-bond acceptors (Lipinski definition) is 5. The second-order valence-corrected chi connectivity index (χ2v) is 8.19. The molecular formula is C19H34N6. The molecule has 25 heavy (non-hydrogen) atoms. The second kappa shape index (κ2) is 8.14. The summed E-state index contributed by atoms with van der Waals surface area (Å²) in [6.45, 7) is 8.18. The van der Waals surface area contributed by atoms with Crippen molar-refractivity contribution in [2.24, 2.45) is 7.05 Å². The van der Waals surface area contributed by atoms with E-state index < -0.39 is 0 Å². The van der Waals surface area contributed by atoms with Crippen LogP contribution < -0.4 is 5.32 Å². The quantitative estimate of drug-likeness (QED) is 0.900. The van der Waals surface area contributed by atoms with Gasteiger partial charge in [-0.25, -0.2) is 0 Å². The van der Waals surface area contributed by atoms with Crippen molar-refractivity contribution in [1.29, 1.82) is 0 Å². The van der Waals surface area contributed by atoms with Crippen molar-refractivity contribution in [1.82, 2.24) is 29.9 Å². The van der Waals surface area contributed by atoms with Crippen LogP contribution in [0.1, 0.15) is 62.5 Å². The Labute approximate surface area is 152 Å². The molecule has 1 aromatic heterocycles. The first-order chi connectivity index (χ1) is 12.3. The lowest BCUT2D eigenvalue weighted by Crippen LogP contribution is -2.47. The van der Waals surface area contributed by atoms with Gasteiger partial charge in [0.05, 0.1) is 6.54 Å². The van der Waals surface area contributed by atoms with Crippen LogP contribution in [0.25, 0.3) is 0 Å². The van der Waals surface area contributed by atoms with Crippen LogP contribution in [0.2, 0.25) is 0 Å². The summed E-state index contributed by atoms with van der Waals surface area (Å²) in [6.07, 6.45) is 9.20. The first-order valence-electron chi connectivity index (χ1n) is 10.4. The van der Waals surface area contributed by atoms with Gasteiger partial charge in [0.1, 0.15) is 11.6 Å². The molecule has 0 unspecified atom stereocenters. The number of nitrogens with zero attached hydrogens (tertiary/aromatic N) is 5. The zero-order chi connectivity index (χ0) is 17.1. The van der Waals surface area contributed by atoms with Crippen LogP contribution in [0.15, 0.2) is 0 Å². The zero-order valence-electron chi connectivity index (χ0n) is 15.8. The Morgan fingerprint density at radius 3 is 2.56 bits per heavy atom. The van der Waals surface area contributed by atoms with Crippen molar-refractivity contribution in [3.05, 3.63) is 11.6 Å². The molecule has 0 amide bonds. The summed E-state index contributed by atoms with van der Waals surface area (Å²) in [5.41, 5.74) is 0. The van der Waals surface area contributed by atoms with Crippen molar-refractivity contribution in [2.45, 2.75) is 63.5 Å². The summed E-state index contributed by atoms with van der Waals surface area (Å²) in [4.78, 5) is 5.27. The highest BCUT2D eigenvalue weighted by atomic mass is 15.3. The summed E-state index contributed by atoms with van der Waals surface area (Å²) in [6, 6.07) is 0.769. The van der Waals surface area contributed by atoms with Crippen molar-refractivity contribution in [3.8, 4) is 0 Å². The first kappa shape index (κ1) is 17.4. The molecule has 3 aliphatic rings. The van der Waals surface area contributed by atoms with E-state index in [0.29, 0.717) is 5.92 Å². The van der Waals surface area contributed by atoms with Gasteiger partial charge < -0.3 is 9.88 Å². The van der Waals surface area contributed by atoms with E-state index in [2.05, 4.69) is 36.9 Å². The molecule has 4 heterocycles. The third-order valence-electron chi connectivity index (χ3n) is 6.46. The topological polar surface area (TPSA) is 49.2 Å². The predicted octanol–water partition coefficient (Wildman–Crippen LogP) is 1.73. The number of rotatable bonds is 4. The van der Waals surface area contributed by atoms with Crippen LogP contribution in [0.5, 0.6) is 0 Å². The number of aromatic nitrogens is 3. The van der Waals surface area contributed by atoms with Crippen molar-refractivity contribution >= 4 is 0 Å². The van der Waals surface area contributed by atoms with Crippen LogP contribution in [0, 0.1) is 0 Å². The molecule has 0 aromatic carbocycles. The van der Waals surface area contributed by atoms with E-state index in [0.717, 1.165) is 18.4 Å². The Kier molecular flexibility index (Phi) is 5.68. The average Bonchev–Trinajstić information content (AvgIpc) is 3.04. The molecule has 6 heteroatoms. The first-order valence-corrected chi connectivity index (χ1v) is 10.4. The van der Waals surface area contributed by atoms with Gasteiger partial charge in [-0.2, -0.15) is 0 Å². The molecule has 0 bridgehead atoms. The molecular weight excluding hydrogens is 312 g/mol.